The smallest absolute Gasteiger partial charge is 0.134 e. The number of nitrogens with zero attached hydrogens (tertiary/aromatic N) is 2. The fourth-order valence-corrected chi connectivity index (χ4v) is 1.85. The third-order valence-electron chi connectivity index (χ3n) is 2.71. The van der Waals surface area contributed by atoms with Crippen molar-refractivity contribution in [3.05, 3.63) is 17.0 Å². The molecule has 2 N–H and O–H groups in total. The van der Waals surface area contributed by atoms with Gasteiger partial charge in [0, 0.05) is 25.6 Å². The predicted molar refractivity (Wildman–Crippen MR) is 75.0 cm³/mol. The summed E-state index contributed by atoms with van der Waals surface area (Å²) in [7, 11) is 0. The number of hydrogen-bond donors (Lipinski definition) is 2. The molecule has 1 rings (SSSR count). The minimum atomic E-state index is 0.250. The van der Waals surface area contributed by atoms with E-state index in [0.717, 1.165) is 43.9 Å². The van der Waals surface area contributed by atoms with Crippen molar-refractivity contribution in [3.8, 4) is 0 Å². The average Bonchev–Trinajstić information content (AvgIpc) is 2.34. The summed E-state index contributed by atoms with van der Waals surface area (Å²) in [6.45, 7) is 5.22. The molecule has 0 saturated heterocycles. The molecule has 0 radical (unpaired) electrons. The fraction of sp³-hybridized carbons (Fsp3) is 0.692. The topological polar surface area (TPSA) is 58.0 Å². The lowest BCUT2D eigenvalue weighted by Gasteiger charge is -2.09. The summed E-state index contributed by atoms with van der Waals surface area (Å²) in [4.78, 5) is 8.58. The zero-order valence-corrected chi connectivity index (χ0v) is 11.9. The molecule has 0 fully saturated rings. The van der Waals surface area contributed by atoms with Crippen molar-refractivity contribution in [2.45, 2.75) is 39.5 Å². The highest BCUT2D eigenvalue weighted by Crippen LogP contribution is 2.13. The van der Waals surface area contributed by atoms with Gasteiger partial charge in [0.15, 0.2) is 0 Å². The van der Waals surface area contributed by atoms with E-state index in [1.807, 2.05) is 6.92 Å². The molecule has 18 heavy (non-hydrogen) atoms. The second kappa shape index (κ2) is 8.27. The summed E-state index contributed by atoms with van der Waals surface area (Å²) < 4.78 is 0. The van der Waals surface area contributed by atoms with E-state index in [-0.39, 0.29) is 6.61 Å². The van der Waals surface area contributed by atoms with Crippen LogP contribution in [0.5, 0.6) is 0 Å². The Morgan fingerprint density at radius 2 is 2.22 bits per heavy atom. The summed E-state index contributed by atoms with van der Waals surface area (Å²) in [5, 5.41) is 12.7. The van der Waals surface area contributed by atoms with Crippen LogP contribution in [0.3, 0.4) is 0 Å². The van der Waals surface area contributed by atoms with E-state index >= 15 is 0 Å². The Bertz CT molecular complexity index is 360. The summed E-state index contributed by atoms with van der Waals surface area (Å²) in [5.74, 6) is 1.93. The van der Waals surface area contributed by atoms with Gasteiger partial charge < -0.3 is 10.4 Å². The summed E-state index contributed by atoms with van der Waals surface area (Å²) in [5.41, 5.74) is 0. The number of aliphatic hydroxyl groups excluding tert-OH is 1. The van der Waals surface area contributed by atoms with Crippen LogP contribution in [0, 0.1) is 5.92 Å². The van der Waals surface area contributed by atoms with Crippen molar-refractivity contribution in [2.75, 3.05) is 18.5 Å². The van der Waals surface area contributed by atoms with Crippen LogP contribution in [-0.4, -0.2) is 28.2 Å². The number of aromatic nitrogens is 2. The molecule has 5 heteroatoms. The largest absolute Gasteiger partial charge is 0.396 e. The quantitative estimate of drug-likeness (QED) is 0.564. The molecule has 102 valence electrons. The van der Waals surface area contributed by atoms with Crippen molar-refractivity contribution in [1.82, 2.24) is 9.97 Å². The van der Waals surface area contributed by atoms with Crippen molar-refractivity contribution >= 4 is 17.4 Å². The zero-order chi connectivity index (χ0) is 13.4. The van der Waals surface area contributed by atoms with Gasteiger partial charge >= 0.3 is 0 Å². The first kappa shape index (κ1) is 15.2. The first-order valence-corrected chi connectivity index (χ1v) is 6.91. The van der Waals surface area contributed by atoms with Crippen molar-refractivity contribution in [1.29, 1.82) is 0 Å². The van der Waals surface area contributed by atoms with Crippen molar-refractivity contribution < 1.29 is 5.11 Å². The van der Waals surface area contributed by atoms with Gasteiger partial charge in [-0.1, -0.05) is 25.4 Å². The highest BCUT2D eigenvalue weighted by Gasteiger charge is 2.03. The van der Waals surface area contributed by atoms with Crippen LogP contribution in [0.4, 0.5) is 5.82 Å². The Hall–Kier alpha value is -0.870. The highest BCUT2D eigenvalue weighted by atomic mass is 35.5. The lowest BCUT2D eigenvalue weighted by molar-refractivity contribution is 0.229. The number of hydrogen-bond acceptors (Lipinski definition) is 4. The maximum absolute atomic E-state index is 8.92. The van der Waals surface area contributed by atoms with Crippen LogP contribution in [0.25, 0.3) is 0 Å². The number of anilines is 1. The molecular weight excluding hydrogens is 250 g/mol. The molecule has 0 aliphatic heterocycles. The third kappa shape index (κ3) is 5.65. The number of nitrogens with one attached hydrogen (secondary N) is 1. The van der Waals surface area contributed by atoms with Gasteiger partial charge in [-0.25, -0.2) is 9.97 Å². The van der Waals surface area contributed by atoms with E-state index in [9.17, 15) is 0 Å². The third-order valence-corrected chi connectivity index (χ3v) is 2.90. The lowest BCUT2D eigenvalue weighted by atomic mass is 10.1. The van der Waals surface area contributed by atoms with Gasteiger partial charge in [0.1, 0.15) is 16.8 Å². The van der Waals surface area contributed by atoms with Crippen LogP contribution < -0.4 is 5.32 Å². The second-order valence-corrected chi connectivity index (χ2v) is 4.99. The Labute approximate surface area is 114 Å². The minimum Gasteiger partial charge on any atom is -0.396 e. The first-order chi connectivity index (χ1) is 8.65. The predicted octanol–water partition coefficient (Wildman–Crippen LogP) is 2.90. The molecule has 0 bridgehead atoms. The average molecular weight is 272 g/mol. The molecule has 1 heterocycles. The molecular formula is C13H22ClN3O. The highest BCUT2D eigenvalue weighted by molar-refractivity contribution is 6.29. The Morgan fingerprint density at radius 1 is 1.44 bits per heavy atom. The number of rotatable bonds is 8. The zero-order valence-electron chi connectivity index (χ0n) is 11.1. The fourth-order valence-electron chi connectivity index (χ4n) is 1.65. The molecule has 0 aromatic carbocycles. The Morgan fingerprint density at radius 3 is 2.89 bits per heavy atom. The molecule has 0 aliphatic carbocycles. The molecule has 0 aliphatic rings. The van der Waals surface area contributed by atoms with Crippen LogP contribution >= 0.6 is 11.6 Å². The van der Waals surface area contributed by atoms with Gasteiger partial charge in [0.25, 0.3) is 0 Å². The molecule has 1 aromatic rings. The Balaban J connectivity index is 2.41. The van der Waals surface area contributed by atoms with E-state index in [0.29, 0.717) is 11.1 Å². The summed E-state index contributed by atoms with van der Waals surface area (Å²) in [6, 6.07) is 1.75. The number of aliphatic hydroxyl groups is 1. The molecule has 0 saturated carbocycles. The van der Waals surface area contributed by atoms with Gasteiger partial charge in [-0.2, -0.15) is 0 Å². The maximum atomic E-state index is 8.92. The molecule has 0 spiro atoms. The Kier molecular flexibility index (Phi) is 6.98. The second-order valence-electron chi connectivity index (χ2n) is 4.60. The maximum Gasteiger partial charge on any atom is 0.134 e. The van der Waals surface area contributed by atoms with Gasteiger partial charge in [0.2, 0.25) is 0 Å². The van der Waals surface area contributed by atoms with Gasteiger partial charge in [-0.05, 0) is 25.2 Å². The molecule has 0 amide bonds. The van der Waals surface area contributed by atoms with Crippen LogP contribution in [0.1, 0.15) is 38.9 Å². The molecule has 1 aromatic heterocycles. The van der Waals surface area contributed by atoms with Crippen LogP contribution in [0.2, 0.25) is 5.15 Å². The van der Waals surface area contributed by atoms with E-state index in [4.69, 9.17) is 16.7 Å². The normalized spacial score (nSPS) is 12.4. The molecule has 1 atom stereocenters. The lowest BCUT2D eigenvalue weighted by Crippen LogP contribution is -2.08. The summed E-state index contributed by atoms with van der Waals surface area (Å²) >= 11 is 5.95. The molecule has 1 unspecified atom stereocenters. The summed E-state index contributed by atoms with van der Waals surface area (Å²) in [6.07, 6.45) is 3.86. The number of halogens is 1. The SMILES string of the molecule is CCCc1nc(Cl)cc(NCCCC(C)CO)n1. The number of aryl methyl sites for hydroxylation is 1. The molecule has 4 nitrogen and oxygen atoms in total. The monoisotopic (exact) mass is 271 g/mol. The van der Waals surface area contributed by atoms with Crippen LogP contribution in [0.15, 0.2) is 6.07 Å². The van der Waals surface area contributed by atoms with Gasteiger partial charge in [-0.15, -0.1) is 0 Å². The van der Waals surface area contributed by atoms with E-state index in [1.54, 1.807) is 6.07 Å². The van der Waals surface area contributed by atoms with Gasteiger partial charge in [0.05, 0.1) is 0 Å². The van der Waals surface area contributed by atoms with Gasteiger partial charge in [-0.3, -0.25) is 0 Å². The minimum absolute atomic E-state index is 0.250. The van der Waals surface area contributed by atoms with Crippen LogP contribution in [-0.2, 0) is 6.42 Å². The standard InChI is InChI=1S/C13H22ClN3O/c1-3-5-12-16-11(14)8-13(17-12)15-7-4-6-10(2)9-18/h8,10,18H,3-7,9H2,1-2H3,(H,15,16,17). The van der Waals surface area contributed by atoms with Crippen molar-refractivity contribution in [2.24, 2.45) is 5.92 Å². The van der Waals surface area contributed by atoms with E-state index < -0.39 is 0 Å². The van der Waals surface area contributed by atoms with Crippen molar-refractivity contribution in [3.63, 3.8) is 0 Å². The first-order valence-electron chi connectivity index (χ1n) is 6.54. The van der Waals surface area contributed by atoms with E-state index in [2.05, 4.69) is 22.2 Å². The van der Waals surface area contributed by atoms with E-state index in [1.165, 1.54) is 0 Å².